The van der Waals surface area contributed by atoms with E-state index in [1.807, 2.05) is 65.4 Å². The number of halogens is 1. The summed E-state index contributed by atoms with van der Waals surface area (Å²) >= 11 is 1.31. The van der Waals surface area contributed by atoms with Gasteiger partial charge in [0.2, 0.25) is 0 Å². The highest BCUT2D eigenvalue weighted by atomic mass is 32.2. The number of aromatic nitrogens is 4. The van der Waals surface area contributed by atoms with E-state index in [9.17, 15) is 9.18 Å². The van der Waals surface area contributed by atoms with E-state index in [1.165, 1.54) is 36.0 Å². The van der Waals surface area contributed by atoms with Crippen molar-refractivity contribution in [3.8, 4) is 17.1 Å². The van der Waals surface area contributed by atoms with E-state index in [1.54, 1.807) is 0 Å². The van der Waals surface area contributed by atoms with E-state index in [0.717, 1.165) is 22.2 Å². The second-order valence-corrected chi connectivity index (χ2v) is 7.89. The van der Waals surface area contributed by atoms with Crippen molar-refractivity contribution in [2.45, 2.75) is 5.16 Å². The van der Waals surface area contributed by atoms with E-state index in [4.69, 9.17) is 0 Å². The Morgan fingerprint density at radius 3 is 2.48 bits per heavy atom. The normalized spacial score (nSPS) is 11.1. The Kier molecular flexibility index (Phi) is 5.09. The summed E-state index contributed by atoms with van der Waals surface area (Å²) in [6, 6.07) is 23.4. The summed E-state index contributed by atoms with van der Waals surface area (Å²) in [4.78, 5) is 15.9. The van der Waals surface area contributed by atoms with Crippen LogP contribution < -0.4 is 0 Å². The average Bonchev–Trinajstić information content (AvgIpc) is 3.42. The Hall–Kier alpha value is -3.71. The molecule has 0 fully saturated rings. The van der Waals surface area contributed by atoms with Gasteiger partial charge < -0.3 is 4.98 Å². The van der Waals surface area contributed by atoms with Crippen molar-refractivity contribution in [2.24, 2.45) is 0 Å². The van der Waals surface area contributed by atoms with Gasteiger partial charge in [-0.1, -0.05) is 48.2 Å². The fourth-order valence-electron chi connectivity index (χ4n) is 3.45. The highest BCUT2D eigenvalue weighted by Crippen LogP contribution is 2.32. The number of hydrogen-bond donors (Lipinski definition) is 1. The molecule has 0 saturated carbocycles. The fourth-order valence-corrected chi connectivity index (χ4v) is 4.30. The van der Waals surface area contributed by atoms with Crippen LogP contribution in [-0.2, 0) is 0 Å². The smallest absolute Gasteiger partial charge is 0.196 e. The van der Waals surface area contributed by atoms with Crippen molar-refractivity contribution in [3.63, 3.8) is 0 Å². The second kappa shape index (κ2) is 8.20. The van der Waals surface area contributed by atoms with E-state index in [0.29, 0.717) is 16.5 Å². The summed E-state index contributed by atoms with van der Waals surface area (Å²) < 4.78 is 15.1. The maximum Gasteiger partial charge on any atom is 0.196 e. The van der Waals surface area contributed by atoms with Gasteiger partial charge >= 0.3 is 0 Å². The monoisotopic (exact) mass is 428 g/mol. The van der Waals surface area contributed by atoms with Gasteiger partial charge in [0.25, 0.3) is 0 Å². The molecule has 5 aromatic rings. The Bertz CT molecular complexity index is 1360. The number of ketones is 1. The highest BCUT2D eigenvalue weighted by Gasteiger charge is 2.19. The van der Waals surface area contributed by atoms with Gasteiger partial charge in [-0.3, -0.25) is 9.36 Å². The molecule has 2 aromatic heterocycles. The van der Waals surface area contributed by atoms with Gasteiger partial charge in [0, 0.05) is 33.9 Å². The summed E-state index contributed by atoms with van der Waals surface area (Å²) in [6.45, 7) is 0. The molecular weight excluding hydrogens is 411 g/mol. The standard InChI is InChI=1S/C24H17FN4OS/c25-17-12-10-16(11-13-17)22(30)15-31-24-28-27-23(29(24)18-6-2-1-3-7-18)20-14-26-21-9-5-4-8-19(20)21/h1-14,26H,15H2. The molecule has 1 N–H and O–H groups in total. The first kappa shape index (κ1) is 19.3. The van der Waals surface area contributed by atoms with Crippen LogP contribution >= 0.6 is 11.8 Å². The van der Waals surface area contributed by atoms with Crippen LogP contribution in [0.2, 0.25) is 0 Å². The molecule has 0 radical (unpaired) electrons. The number of Topliss-reactive ketones (excluding diaryl/α,β-unsaturated/α-hetero) is 1. The molecule has 5 nitrogen and oxygen atoms in total. The molecule has 3 aromatic carbocycles. The van der Waals surface area contributed by atoms with Crippen molar-refractivity contribution in [3.05, 3.63) is 96.4 Å². The lowest BCUT2D eigenvalue weighted by Crippen LogP contribution is -2.05. The van der Waals surface area contributed by atoms with Gasteiger partial charge in [-0.2, -0.15) is 0 Å². The number of H-pyrrole nitrogens is 1. The first-order valence-corrected chi connectivity index (χ1v) is 10.7. The van der Waals surface area contributed by atoms with Crippen molar-refractivity contribution in [1.82, 2.24) is 19.7 Å². The third-order valence-corrected chi connectivity index (χ3v) is 5.91. The maximum atomic E-state index is 13.1. The van der Waals surface area contributed by atoms with Crippen molar-refractivity contribution in [2.75, 3.05) is 5.75 Å². The zero-order valence-corrected chi connectivity index (χ0v) is 17.1. The average molecular weight is 428 g/mol. The first-order chi connectivity index (χ1) is 15.2. The number of benzene rings is 3. The summed E-state index contributed by atoms with van der Waals surface area (Å²) in [6.07, 6.45) is 1.92. The van der Waals surface area contributed by atoms with Crippen LogP contribution in [0.15, 0.2) is 90.2 Å². The number of thioether (sulfide) groups is 1. The first-order valence-electron chi connectivity index (χ1n) is 9.69. The number of fused-ring (bicyclic) bond motifs is 1. The molecule has 5 rings (SSSR count). The number of carbonyl (C=O) groups is 1. The number of hydrogen-bond acceptors (Lipinski definition) is 4. The minimum Gasteiger partial charge on any atom is -0.360 e. The van der Waals surface area contributed by atoms with E-state index in [2.05, 4.69) is 15.2 Å². The van der Waals surface area contributed by atoms with E-state index >= 15 is 0 Å². The fraction of sp³-hybridized carbons (Fsp3) is 0.0417. The van der Waals surface area contributed by atoms with E-state index in [-0.39, 0.29) is 17.4 Å². The minimum atomic E-state index is -0.364. The Morgan fingerprint density at radius 2 is 1.68 bits per heavy atom. The van der Waals surface area contributed by atoms with Gasteiger partial charge in [0.05, 0.1) is 5.75 Å². The van der Waals surface area contributed by atoms with Crippen LogP contribution in [0.4, 0.5) is 4.39 Å². The Labute approximate surface area is 182 Å². The van der Waals surface area contributed by atoms with Crippen molar-refractivity contribution >= 4 is 28.4 Å². The second-order valence-electron chi connectivity index (χ2n) is 6.94. The molecule has 0 bridgehead atoms. The number of para-hydroxylation sites is 2. The van der Waals surface area contributed by atoms with Gasteiger partial charge in [-0.25, -0.2) is 4.39 Å². The summed E-state index contributed by atoms with van der Waals surface area (Å²) in [5, 5.41) is 10.5. The summed E-state index contributed by atoms with van der Waals surface area (Å²) in [5.74, 6) is 0.405. The molecule has 0 atom stereocenters. The zero-order chi connectivity index (χ0) is 21.2. The predicted molar refractivity (Wildman–Crippen MR) is 120 cm³/mol. The number of aromatic amines is 1. The number of rotatable bonds is 6. The molecule has 0 aliphatic heterocycles. The van der Waals surface area contributed by atoms with Gasteiger partial charge in [-0.05, 0) is 42.5 Å². The largest absolute Gasteiger partial charge is 0.360 e. The molecular formula is C24H17FN4OS. The zero-order valence-electron chi connectivity index (χ0n) is 16.3. The van der Waals surface area contributed by atoms with E-state index < -0.39 is 0 Å². The van der Waals surface area contributed by atoms with Crippen LogP contribution in [0.5, 0.6) is 0 Å². The lowest BCUT2D eigenvalue weighted by molar-refractivity contribution is 0.102. The number of nitrogens with zero attached hydrogens (tertiary/aromatic N) is 3. The topological polar surface area (TPSA) is 63.6 Å². The Balaban J connectivity index is 1.52. The molecule has 0 aliphatic carbocycles. The summed E-state index contributed by atoms with van der Waals surface area (Å²) in [7, 11) is 0. The number of nitrogens with one attached hydrogen (secondary N) is 1. The molecule has 2 heterocycles. The predicted octanol–water partition coefficient (Wildman–Crippen LogP) is 5.53. The molecule has 31 heavy (non-hydrogen) atoms. The third kappa shape index (κ3) is 3.75. The number of carbonyl (C=O) groups excluding carboxylic acids is 1. The van der Waals surface area contributed by atoms with Gasteiger partial charge in [0.15, 0.2) is 16.8 Å². The molecule has 0 aliphatic rings. The van der Waals surface area contributed by atoms with Crippen molar-refractivity contribution < 1.29 is 9.18 Å². The maximum absolute atomic E-state index is 13.1. The molecule has 7 heteroatoms. The van der Waals surface area contributed by atoms with Crippen LogP contribution in [0.1, 0.15) is 10.4 Å². The third-order valence-electron chi connectivity index (χ3n) is 4.98. The van der Waals surface area contributed by atoms with Crippen LogP contribution in [0.25, 0.3) is 28.0 Å². The molecule has 0 spiro atoms. The summed E-state index contributed by atoms with van der Waals surface area (Å²) in [5.41, 5.74) is 3.32. The minimum absolute atomic E-state index is 0.0961. The lowest BCUT2D eigenvalue weighted by atomic mass is 10.1. The van der Waals surface area contributed by atoms with Crippen LogP contribution in [0.3, 0.4) is 0 Å². The van der Waals surface area contributed by atoms with Gasteiger partial charge in [-0.15, -0.1) is 10.2 Å². The van der Waals surface area contributed by atoms with Crippen molar-refractivity contribution in [1.29, 1.82) is 0 Å². The molecule has 0 saturated heterocycles. The van der Waals surface area contributed by atoms with Crippen LogP contribution in [0, 0.1) is 5.82 Å². The Morgan fingerprint density at radius 1 is 0.935 bits per heavy atom. The molecule has 152 valence electrons. The van der Waals surface area contributed by atoms with Gasteiger partial charge in [0.1, 0.15) is 5.82 Å². The SMILES string of the molecule is O=C(CSc1nnc(-c2c[nH]c3ccccc23)n1-c1ccccc1)c1ccc(F)cc1. The quantitative estimate of drug-likeness (QED) is 0.285. The highest BCUT2D eigenvalue weighted by molar-refractivity contribution is 7.99. The molecule has 0 amide bonds. The lowest BCUT2D eigenvalue weighted by Gasteiger charge is -2.10. The van der Waals surface area contributed by atoms with Crippen LogP contribution in [-0.4, -0.2) is 31.3 Å². The molecule has 0 unspecified atom stereocenters.